The monoisotopic (exact) mass is 405 g/mol. The Hall–Kier alpha value is -2.19. The van der Waals surface area contributed by atoms with Crippen LogP contribution in [0.5, 0.6) is 0 Å². The number of hydrogen-bond acceptors (Lipinski definition) is 0. The van der Waals surface area contributed by atoms with Gasteiger partial charge in [-0.25, -0.2) is 4.57 Å². The van der Waals surface area contributed by atoms with Crippen LogP contribution in [0, 0.1) is 12.3 Å². The first-order valence-electron chi connectivity index (χ1n) is 11.9. The van der Waals surface area contributed by atoms with E-state index in [0.29, 0.717) is 5.56 Å². The van der Waals surface area contributed by atoms with Crippen LogP contribution in [0.4, 0.5) is 0 Å². The maximum absolute atomic E-state index is 8.78. The second-order valence-corrected chi connectivity index (χ2v) is 15.1. The molecular weight excluding hydrogens is 366 g/mol. The van der Waals surface area contributed by atoms with Gasteiger partial charge < -0.3 is 0 Å². The summed E-state index contributed by atoms with van der Waals surface area (Å²) in [6.07, 6.45) is 0.115. The van der Waals surface area contributed by atoms with Crippen molar-refractivity contribution in [3.05, 3.63) is 71.9 Å². The predicted molar refractivity (Wildman–Crippen MR) is 129 cm³/mol. The van der Waals surface area contributed by atoms with Crippen molar-refractivity contribution in [2.75, 3.05) is 0 Å². The highest BCUT2D eigenvalue weighted by Gasteiger charge is 2.25. The second kappa shape index (κ2) is 7.91. The highest BCUT2D eigenvalue weighted by molar-refractivity contribution is 6.89. The summed E-state index contributed by atoms with van der Waals surface area (Å²) >= 11 is 0. The summed E-state index contributed by atoms with van der Waals surface area (Å²) in [6, 6.07) is 17.2. The Kier molecular flexibility index (Phi) is 4.81. The van der Waals surface area contributed by atoms with Gasteiger partial charge in [0.25, 0.3) is 0 Å². The lowest BCUT2D eigenvalue weighted by atomic mass is 9.87. The molecule has 0 aliphatic carbocycles. The van der Waals surface area contributed by atoms with E-state index in [9.17, 15) is 0 Å². The predicted octanol–water partition coefficient (Wildman–Crippen LogP) is 6.29. The van der Waals surface area contributed by atoms with E-state index in [1.165, 1.54) is 21.9 Å². The van der Waals surface area contributed by atoms with Gasteiger partial charge in [0.1, 0.15) is 7.05 Å². The number of aryl methyl sites for hydroxylation is 2. The lowest BCUT2D eigenvalue weighted by Crippen LogP contribution is -2.39. The molecule has 0 atom stereocenters. The van der Waals surface area contributed by atoms with Crippen LogP contribution >= 0.6 is 0 Å². The Morgan fingerprint density at radius 3 is 2.24 bits per heavy atom. The molecule has 0 spiro atoms. The number of aromatic nitrogens is 1. The Labute approximate surface area is 182 Å². The van der Waals surface area contributed by atoms with Crippen molar-refractivity contribution in [1.82, 2.24) is 0 Å². The van der Waals surface area contributed by atoms with E-state index in [0.717, 1.165) is 11.3 Å². The molecule has 0 aliphatic heterocycles. The molecule has 3 aromatic rings. The summed E-state index contributed by atoms with van der Waals surface area (Å²) in [5.41, 5.74) is 5.47. The van der Waals surface area contributed by atoms with Crippen LogP contribution in [0.15, 0.2) is 60.8 Å². The van der Waals surface area contributed by atoms with Gasteiger partial charge in [-0.1, -0.05) is 82.0 Å². The summed E-state index contributed by atoms with van der Waals surface area (Å²) in [6.45, 7) is 14.9. The standard InChI is InChI=1S/C27H36NSi/c1-20-16-26(29(6,7)8)24(22-12-10-9-11-13-22)18-23(20)25-17-21(14-15-28(25)5)19-27(2,3)4/h9-18H,19H2,1-8H3/q+1/i14D,19D2. The summed E-state index contributed by atoms with van der Waals surface area (Å²) in [5, 5.41) is 1.43. The third kappa shape index (κ3) is 5.05. The minimum Gasteiger partial charge on any atom is -0.201 e. The smallest absolute Gasteiger partial charge is 0.201 e. The fourth-order valence-electron chi connectivity index (χ4n) is 3.72. The highest BCUT2D eigenvalue weighted by Crippen LogP contribution is 2.30. The van der Waals surface area contributed by atoms with Crippen molar-refractivity contribution in [3.8, 4) is 22.4 Å². The van der Waals surface area contributed by atoms with Crippen molar-refractivity contribution in [2.45, 2.75) is 53.7 Å². The number of pyridine rings is 1. The molecule has 0 radical (unpaired) electrons. The molecule has 0 saturated heterocycles. The molecule has 0 bridgehead atoms. The molecule has 0 unspecified atom stereocenters. The maximum atomic E-state index is 8.78. The molecule has 0 fully saturated rings. The van der Waals surface area contributed by atoms with E-state index in [-0.39, 0.29) is 6.04 Å². The number of benzene rings is 2. The molecule has 0 aliphatic rings. The van der Waals surface area contributed by atoms with Gasteiger partial charge >= 0.3 is 0 Å². The fraction of sp³-hybridized carbons (Fsp3) is 0.370. The topological polar surface area (TPSA) is 3.88 Å². The van der Waals surface area contributed by atoms with E-state index in [4.69, 9.17) is 4.11 Å². The van der Waals surface area contributed by atoms with Gasteiger partial charge in [-0.2, -0.15) is 0 Å². The van der Waals surface area contributed by atoms with E-state index in [2.05, 4.69) is 63.0 Å². The van der Waals surface area contributed by atoms with Crippen molar-refractivity contribution >= 4 is 13.3 Å². The van der Waals surface area contributed by atoms with Gasteiger partial charge in [-0.05, 0) is 47.0 Å². The normalized spacial score (nSPS) is 14.3. The van der Waals surface area contributed by atoms with Crippen LogP contribution in [-0.2, 0) is 13.4 Å². The second-order valence-electron chi connectivity index (χ2n) is 10.0. The van der Waals surface area contributed by atoms with Gasteiger partial charge in [0.2, 0.25) is 5.69 Å². The van der Waals surface area contributed by atoms with Crippen LogP contribution in [0.3, 0.4) is 0 Å². The maximum Gasteiger partial charge on any atom is 0.212 e. The van der Waals surface area contributed by atoms with E-state index >= 15 is 0 Å². The summed E-state index contributed by atoms with van der Waals surface area (Å²) in [5.74, 6) is 0. The van der Waals surface area contributed by atoms with Crippen LogP contribution in [-0.4, -0.2) is 8.07 Å². The average molecular weight is 406 g/mol. The Balaban J connectivity index is 2.33. The molecule has 0 N–H and O–H groups in total. The zero-order chi connectivity index (χ0) is 24.1. The zero-order valence-corrected chi connectivity index (χ0v) is 20.1. The Bertz CT molecular complexity index is 1140. The van der Waals surface area contributed by atoms with Crippen LogP contribution in [0.2, 0.25) is 19.6 Å². The van der Waals surface area contributed by atoms with Crippen molar-refractivity contribution in [3.63, 3.8) is 0 Å². The van der Waals surface area contributed by atoms with Crippen molar-refractivity contribution in [1.29, 1.82) is 0 Å². The Morgan fingerprint density at radius 2 is 1.66 bits per heavy atom. The van der Waals surface area contributed by atoms with Crippen molar-refractivity contribution in [2.24, 2.45) is 12.5 Å². The fourth-order valence-corrected chi connectivity index (χ4v) is 5.40. The highest BCUT2D eigenvalue weighted by atomic mass is 28.3. The van der Waals surface area contributed by atoms with E-state index in [1.807, 2.05) is 44.5 Å². The number of rotatable bonds is 4. The number of hydrogen-bond donors (Lipinski definition) is 0. The van der Waals surface area contributed by atoms with Gasteiger partial charge in [-0.3, -0.25) is 0 Å². The lowest BCUT2D eigenvalue weighted by Gasteiger charge is -2.23. The molecular formula is C27H36NSi+. The van der Waals surface area contributed by atoms with Gasteiger partial charge in [0.05, 0.1) is 9.44 Å². The molecule has 3 rings (SSSR count). The van der Waals surface area contributed by atoms with E-state index in [1.54, 1.807) is 6.20 Å². The molecule has 2 aromatic carbocycles. The summed E-state index contributed by atoms with van der Waals surface area (Å²) in [7, 11) is 0.341. The SMILES string of the molecule is [2H]c1c[n+](C)c(-c2cc(-c3ccccc3)c([Si](C)(C)C)cc2C)cc1C([2H])([2H])C(C)(C)C. The first-order valence-corrected chi connectivity index (χ1v) is 13.9. The van der Waals surface area contributed by atoms with Gasteiger partial charge in [-0.15, -0.1) is 0 Å². The van der Waals surface area contributed by atoms with Crippen LogP contribution < -0.4 is 9.75 Å². The third-order valence-corrected chi connectivity index (χ3v) is 7.15. The summed E-state index contributed by atoms with van der Waals surface area (Å²) in [4.78, 5) is 0. The third-order valence-electron chi connectivity index (χ3n) is 5.12. The average Bonchev–Trinajstić information content (AvgIpc) is 2.67. The first-order chi connectivity index (χ1) is 14.6. The van der Waals surface area contributed by atoms with E-state index < -0.39 is 19.9 Å². The number of nitrogens with zero attached hydrogens (tertiary/aromatic N) is 1. The summed E-state index contributed by atoms with van der Waals surface area (Å²) < 4.78 is 28.0. The molecule has 0 saturated carbocycles. The molecule has 2 heteroatoms. The quantitative estimate of drug-likeness (QED) is 0.355. The van der Waals surface area contributed by atoms with Crippen LogP contribution in [0.1, 0.15) is 36.0 Å². The molecule has 1 nitrogen and oxygen atoms in total. The molecule has 29 heavy (non-hydrogen) atoms. The minimum absolute atomic E-state index is 0.232. The largest absolute Gasteiger partial charge is 0.212 e. The van der Waals surface area contributed by atoms with Gasteiger partial charge in [0.15, 0.2) is 6.20 Å². The first kappa shape index (κ1) is 17.6. The molecule has 152 valence electrons. The van der Waals surface area contributed by atoms with Gasteiger partial charge in [0, 0.05) is 20.4 Å². The van der Waals surface area contributed by atoms with Crippen molar-refractivity contribution < 1.29 is 8.68 Å². The Morgan fingerprint density at radius 1 is 1.00 bits per heavy atom. The van der Waals surface area contributed by atoms with Crippen LogP contribution in [0.25, 0.3) is 22.4 Å². The lowest BCUT2D eigenvalue weighted by molar-refractivity contribution is -0.660. The zero-order valence-electron chi connectivity index (χ0n) is 22.1. The molecule has 1 heterocycles. The molecule has 0 amide bonds. The minimum atomic E-state index is -1.62. The molecule has 1 aromatic heterocycles.